The number of benzene rings is 2. The molecule has 1 aromatic heterocycles. The predicted molar refractivity (Wildman–Crippen MR) is 87.8 cm³/mol. The first-order valence-corrected chi connectivity index (χ1v) is 7.31. The minimum atomic E-state index is -1.33. The molecule has 7 heteroatoms. The molecule has 0 aliphatic heterocycles. The summed E-state index contributed by atoms with van der Waals surface area (Å²) in [7, 11) is 0. The molecule has 0 fully saturated rings. The molecule has 1 N–H and O–H groups in total. The summed E-state index contributed by atoms with van der Waals surface area (Å²) < 4.78 is 5.91. The van der Waals surface area contributed by atoms with Crippen LogP contribution in [-0.2, 0) is 0 Å². The first kappa shape index (κ1) is 15.1. The molecular weight excluding hydrogens is 364 g/mol. The molecule has 114 valence electrons. The van der Waals surface area contributed by atoms with Crippen LogP contribution >= 0.6 is 15.9 Å². The van der Waals surface area contributed by atoms with Crippen molar-refractivity contribution in [2.75, 3.05) is 0 Å². The molecule has 3 rings (SSSR count). The second-order valence-electron chi connectivity index (χ2n) is 4.65. The number of azo groups is 1. The Balaban J connectivity index is 1.99. The molecule has 23 heavy (non-hydrogen) atoms. The molecule has 0 saturated carbocycles. The summed E-state index contributed by atoms with van der Waals surface area (Å²) in [5, 5.41) is 17.6. The number of carboxylic acid groups (broad SMARTS) is 1. The van der Waals surface area contributed by atoms with E-state index in [4.69, 9.17) is 9.52 Å². The van der Waals surface area contributed by atoms with E-state index in [0.29, 0.717) is 22.3 Å². The number of hydrogen-bond acceptors (Lipinski definition) is 5. The molecule has 6 nitrogen and oxygen atoms in total. The molecule has 0 atom stereocenters. The van der Waals surface area contributed by atoms with E-state index in [2.05, 4.69) is 26.2 Å². The van der Waals surface area contributed by atoms with Crippen LogP contribution in [0, 0.1) is 0 Å². The minimum absolute atomic E-state index is 0.294. The van der Waals surface area contributed by atoms with Gasteiger partial charge in [0.15, 0.2) is 0 Å². The largest absolute Gasteiger partial charge is 0.477 e. The molecular formula is C16H9BrN2O4. The first-order chi connectivity index (χ1) is 11.0. The van der Waals surface area contributed by atoms with Crippen molar-refractivity contribution >= 4 is 44.2 Å². The Bertz CT molecular complexity index is 978. The Morgan fingerprint density at radius 2 is 1.65 bits per heavy atom. The zero-order valence-corrected chi connectivity index (χ0v) is 13.1. The fraction of sp³-hybridized carbons (Fsp3) is 0. The van der Waals surface area contributed by atoms with Crippen molar-refractivity contribution in [2.45, 2.75) is 0 Å². The minimum Gasteiger partial charge on any atom is -0.477 e. The fourth-order valence-electron chi connectivity index (χ4n) is 1.95. The average molecular weight is 373 g/mol. The molecule has 0 saturated heterocycles. The Morgan fingerprint density at radius 1 is 1.00 bits per heavy atom. The van der Waals surface area contributed by atoms with Gasteiger partial charge in [-0.25, -0.2) is 9.59 Å². The summed E-state index contributed by atoms with van der Waals surface area (Å²) in [4.78, 5) is 22.5. The SMILES string of the molecule is O=C(O)c1cc2cc(N=Nc3ccc(Br)cc3)ccc2oc1=O. The van der Waals surface area contributed by atoms with Gasteiger partial charge in [0.2, 0.25) is 0 Å². The third kappa shape index (κ3) is 3.35. The number of halogens is 1. The standard InChI is InChI=1S/C16H9BrN2O4/c17-10-1-3-11(4-2-10)18-19-12-5-6-14-9(7-12)8-13(15(20)21)16(22)23-14/h1-8H,(H,20,21). The lowest BCUT2D eigenvalue weighted by atomic mass is 10.1. The monoisotopic (exact) mass is 372 g/mol. The zero-order valence-electron chi connectivity index (χ0n) is 11.6. The number of nitrogens with zero attached hydrogens (tertiary/aromatic N) is 2. The van der Waals surface area contributed by atoms with E-state index >= 15 is 0 Å². The number of carboxylic acids is 1. The van der Waals surface area contributed by atoms with E-state index in [1.165, 1.54) is 6.07 Å². The van der Waals surface area contributed by atoms with E-state index in [-0.39, 0.29) is 0 Å². The molecule has 0 radical (unpaired) electrons. The van der Waals surface area contributed by atoms with Crippen molar-refractivity contribution in [1.29, 1.82) is 0 Å². The van der Waals surface area contributed by atoms with Crippen molar-refractivity contribution in [1.82, 2.24) is 0 Å². The molecule has 0 aliphatic rings. The average Bonchev–Trinajstić information content (AvgIpc) is 2.53. The third-order valence-electron chi connectivity index (χ3n) is 3.05. The fourth-order valence-corrected chi connectivity index (χ4v) is 2.21. The highest BCUT2D eigenvalue weighted by Crippen LogP contribution is 2.24. The normalized spacial score (nSPS) is 11.2. The van der Waals surface area contributed by atoms with E-state index in [0.717, 1.165) is 4.47 Å². The Morgan fingerprint density at radius 3 is 2.35 bits per heavy atom. The number of aromatic carboxylic acids is 1. The summed E-state index contributed by atoms with van der Waals surface area (Å²) in [5.74, 6) is -1.33. The molecule has 0 bridgehead atoms. The van der Waals surface area contributed by atoms with Crippen LogP contribution < -0.4 is 5.63 Å². The highest BCUT2D eigenvalue weighted by Gasteiger charge is 2.12. The highest BCUT2D eigenvalue weighted by atomic mass is 79.9. The Kier molecular flexibility index (Phi) is 4.03. The predicted octanol–water partition coefficient (Wildman–Crippen LogP) is 4.67. The maximum Gasteiger partial charge on any atom is 0.351 e. The van der Waals surface area contributed by atoms with Crippen LogP contribution in [0.1, 0.15) is 10.4 Å². The lowest BCUT2D eigenvalue weighted by molar-refractivity contribution is 0.0692. The Labute approximate surface area is 138 Å². The van der Waals surface area contributed by atoms with Crippen molar-refractivity contribution < 1.29 is 14.3 Å². The number of hydrogen-bond donors (Lipinski definition) is 1. The van der Waals surface area contributed by atoms with Crippen LogP contribution in [0.5, 0.6) is 0 Å². The molecule has 0 unspecified atom stereocenters. The zero-order chi connectivity index (χ0) is 16.4. The number of rotatable bonds is 3. The van der Waals surface area contributed by atoms with Gasteiger partial charge in [0, 0.05) is 9.86 Å². The molecule has 0 aliphatic carbocycles. The van der Waals surface area contributed by atoms with Gasteiger partial charge in [0.05, 0.1) is 11.4 Å². The number of carbonyl (C=O) groups is 1. The van der Waals surface area contributed by atoms with Crippen LogP contribution in [0.4, 0.5) is 11.4 Å². The molecule has 2 aromatic carbocycles. The van der Waals surface area contributed by atoms with Crippen LogP contribution in [0.2, 0.25) is 0 Å². The summed E-state index contributed by atoms with van der Waals surface area (Å²) >= 11 is 3.34. The van der Waals surface area contributed by atoms with Crippen LogP contribution in [0.3, 0.4) is 0 Å². The second-order valence-corrected chi connectivity index (χ2v) is 5.57. The van der Waals surface area contributed by atoms with Gasteiger partial charge in [-0.2, -0.15) is 10.2 Å². The summed E-state index contributed by atoms with van der Waals surface area (Å²) in [6, 6.07) is 13.4. The second kappa shape index (κ2) is 6.13. The molecule has 0 spiro atoms. The smallest absolute Gasteiger partial charge is 0.351 e. The van der Waals surface area contributed by atoms with Crippen LogP contribution in [0.15, 0.2) is 72.4 Å². The summed E-state index contributed by atoms with van der Waals surface area (Å²) in [5.41, 5.74) is 0.195. The van der Waals surface area contributed by atoms with Gasteiger partial charge < -0.3 is 9.52 Å². The topological polar surface area (TPSA) is 92.2 Å². The maximum atomic E-state index is 11.5. The van der Waals surface area contributed by atoms with Gasteiger partial charge in [0.25, 0.3) is 0 Å². The quantitative estimate of drug-likeness (QED) is 0.533. The molecule has 0 amide bonds. The Hall–Kier alpha value is -2.80. The lowest BCUT2D eigenvalue weighted by Gasteiger charge is -1.99. The summed E-state index contributed by atoms with van der Waals surface area (Å²) in [6.45, 7) is 0. The van der Waals surface area contributed by atoms with Crippen LogP contribution in [0.25, 0.3) is 11.0 Å². The van der Waals surface area contributed by atoms with E-state index in [1.807, 2.05) is 12.1 Å². The van der Waals surface area contributed by atoms with Gasteiger partial charge in [-0.05, 0) is 48.5 Å². The third-order valence-corrected chi connectivity index (χ3v) is 3.58. The van der Waals surface area contributed by atoms with Gasteiger partial charge in [0.1, 0.15) is 11.1 Å². The van der Waals surface area contributed by atoms with Crippen LogP contribution in [-0.4, -0.2) is 11.1 Å². The molecule has 3 aromatic rings. The van der Waals surface area contributed by atoms with E-state index in [1.54, 1.807) is 30.3 Å². The van der Waals surface area contributed by atoms with Gasteiger partial charge in [-0.15, -0.1) is 0 Å². The molecule has 1 heterocycles. The van der Waals surface area contributed by atoms with Crippen molar-refractivity contribution in [3.63, 3.8) is 0 Å². The van der Waals surface area contributed by atoms with E-state index < -0.39 is 17.2 Å². The van der Waals surface area contributed by atoms with Gasteiger partial charge >= 0.3 is 11.6 Å². The van der Waals surface area contributed by atoms with E-state index in [9.17, 15) is 9.59 Å². The highest BCUT2D eigenvalue weighted by molar-refractivity contribution is 9.10. The lowest BCUT2D eigenvalue weighted by Crippen LogP contribution is -2.12. The van der Waals surface area contributed by atoms with Crippen molar-refractivity contribution in [3.8, 4) is 0 Å². The summed E-state index contributed by atoms with van der Waals surface area (Å²) in [6.07, 6.45) is 0. The van der Waals surface area contributed by atoms with Crippen molar-refractivity contribution in [3.05, 3.63) is 69.0 Å². The van der Waals surface area contributed by atoms with Gasteiger partial charge in [-0.3, -0.25) is 0 Å². The van der Waals surface area contributed by atoms with Gasteiger partial charge in [-0.1, -0.05) is 15.9 Å². The van der Waals surface area contributed by atoms with Crippen molar-refractivity contribution in [2.24, 2.45) is 10.2 Å². The first-order valence-electron chi connectivity index (χ1n) is 6.51. The maximum absolute atomic E-state index is 11.5. The number of fused-ring (bicyclic) bond motifs is 1.